The number of nitrogens with one attached hydrogen (secondary N) is 1. The molecule has 0 saturated carbocycles. The van der Waals surface area contributed by atoms with Crippen LogP contribution in [0.25, 0.3) is 11.2 Å². The fraction of sp³-hybridized carbons (Fsp3) is 0.500. The molecule has 186 valence electrons. The van der Waals surface area contributed by atoms with Gasteiger partial charge in [0.2, 0.25) is 12.2 Å². The zero-order valence-electron chi connectivity index (χ0n) is 15.8. The maximum absolute atomic E-state index is 11.9. The largest absolute Gasteiger partial charge is 0.571 e. The molecular formula is C10H17N5O14P3S+. The summed E-state index contributed by atoms with van der Waals surface area (Å²) in [5, 5.41) is 20.3. The Balaban J connectivity index is 1.71. The van der Waals surface area contributed by atoms with Crippen LogP contribution in [0.15, 0.2) is 11.1 Å². The fourth-order valence-electron chi connectivity index (χ4n) is 2.71. The maximum atomic E-state index is 11.9. The van der Waals surface area contributed by atoms with Crippen LogP contribution in [0.3, 0.4) is 0 Å². The molecule has 0 spiro atoms. The summed E-state index contributed by atoms with van der Waals surface area (Å²) in [6.45, 7) is -5.03. The number of aliphatic hydroxyl groups is 2. The molecule has 0 bridgehead atoms. The predicted molar refractivity (Wildman–Crippen MR) is 107 cm³/mol. The zero-order valence-corrected chi connectivity index (χ0v) is 19.3. The molecule has 0 radical (unpaired) electrons. The Bertz CT molecular complexity index is 1240. The summed E-state index contributed by atoms with van der Waals surface area (Å²) in [7, 11) is -11.2. The van der Waals surface area contributed by atoms with E-state index in [9.17, 15) is 33.9 Å². The molecule has 1 aliphatic rings. The van der Waals surface area contributed by atoms with Gasteiger partial charge in [0.25, 0.3) is 5.56 Å². The minimum Gasteiger partial charge on any atom is -0.390 e. The lowest BCUT2D eigenvalue weighted by atomic mass is 10.2. The average molecular weight is 556 g/mol. The molecule has 2 unspecified atom stereocenters. The third-order valence-electron chi connectivity index (χ3n) is 3.84. The van der Waals surface area contributed by atoms with Crippen LogP contribution >= 0.6 is 22.4 Å². The van der Waals surface area contributed by atoms with Crippen molar-refractivity contribution in [3.05, 3.63) is 16.7 Å². The number of imidazole rings is 1. The quantitative estimate of drug-likeness (QED) is 0.0706. The van der Waals surface area contributed by atoms with E-state index in [0.29, 0.717) is 0 Å². The summed E-state index contributed by atoms with van der Waals surface area (Å²) >= 11 is -0.466. The van der Waals surface area contributed by atoms with Crippen LogP contribution in [0.2, 0.25) is 0 Å². The number of hydrogen-bond donors (Lipinski definition) is 9. The van der Waals surface area contributed by atoms with E-state index >= 15 is 0 Å². The molecule has 0 amide bonds. The fourth-order valence-corrected chi connectivity index (χ4v) is 7.27. The van der Waals surface area contributed by atoms with Gasteiger partial charge in [-0.1, -0.05) is 4.18 Å². The third kappa shape index (κ3) is 6.70. The first-order chi connectivity index (χ1) is 15.1. The van der Waals surface area contributed by atoms with Gasteiger partial charge in [0.1, 0.15) is 12.3 Å². The van der Waals surface area contributed by atoms with Crippen molar-refractivity contribution in [2.45, 2.75) is 31.1 Å². The molecule has 3 heterocycles. The molecule has 0 aromatic carbocycles. The van der Waals surface area contributed by atoms with Crippen molar-refractivity contribution in [2.24, 2.45) is 0 Å². The Labute approximate surface area is 185 Å². The molecule has 1 fully saturated rings. The summed E-state index contributed by atoms with van der Waals surface area (Å²) in [6, 6.07) is 0. The second kappa shape index (κ2) is 9.46. The SMILES string of the molecule is Nc1nc2c(ncn2[C@H]2C[C@H](O)[C@@H](C(O)O[S+]=P(O)(O)OP(=O)(O)OP(=O)(O)O)O2)c(=O)[nH]1. The van der Waals surface area contributed by atoms with E-state index in [1.165, 1.54) is 10.9 Å². The van der Waals surface area contributed by atoms with Crippen molar-refractivity contribution in [1.29, 1.82) is 0 Å². The zero-order chi connectivity index (χ0) is 24.8. The highest BCUT2D eigenvalue weighted by Gasteiger charge is 2.47. The number of aromatic amines is 1. The van der Waals surface area contributed by atoms with Crippen molar-refractivity contribution in [3.63, 3.8) is 0 Å². The average Bonchev–Trinajstić information content (AvgIpc) is 3.20. The minimum absolute atomic E-state index is 0.0201. The van der Waals surface area contributed by atoms with Gasteiger partial charge in [-0.05, 0) is 0 Å². The number of hydrogen-bond acceptors (Lipinski definition) is 12. The molecule has 3 rings (SSSR count). The number of nitrogens with two attached hydrogens (primary N) is 1. The highest BCUT2D eigenvalue weighted by atomic mass is 32.5. The monoisotopic (exact) mass is 556 g/mol. The number of aromatic nitrogens is 4. The van der Waals surface area contributed by atoms with Gasteiger partial charge >= 0.3 is 33.6 Å². The van der Waals surface area contributed by atoms with Crippen molar-refractivity contribution in [1.82, 2.24) is 19.5 Å². The minimum atomic E-state index is -5.64. The van der Waals surface area contributed by atoms with Crippen LogP contribution < -0.4 is 11.3 Å². The molecule has 2 aromatic rings. The van der Waals surface area contributed by atoms with Crippen LogP contribution in [-0.2, 0) is 37.9 Å². The summed E-state index contributed by atoms with van der Waals surface area (Å²) < 4.78 is 40.7. The Morgan fingerprint density at radius 2 is 1.94 bits per heavy atom. The molecule has 33 heavy (non-hydrogen) atoms. The number of anilines is 1. The normalized spacial score (nSPS) is 24.6. The number of H-pyrrole nitrogens is 1. The smallest absolute Gasteiger partial charge is 0.390 e. The van der Waals surface area contributed by atoms with Crippen LogP contribution in [0.4, 0.5) is 5.95 Å². The number of fused-ring (bicyclic) bond motifs is 1. The number of nitrogen functional groups attached to an aromatic ring is 1. The van der Waals surface area contributed by atoms with Crippen molar-refractivity contribution in [2.75, 3.05) is 5.73 Å². The maximum Gasteiger partial charge on any atom is 0.571 e. The van der Waals surface area contributed by atoms with Gasteiger partial charge in [-0.25, -0.2) is 14.1 Å². The topological polar surface area (TPSA) is 302 Å². The lowest BCUT2D eigenvalue weighted by molar-refractivity contribution is -0.148. The van der Waals surface area contributed by atoms with Gasteiger partial charge in [0.05, 0.1) is 12.4 Å². The Hall–Kier alpha value is -1.18. The van der Waals surface area contributed by atoms with Crippen molar-refractivity contribution < 1.29 is 61.4 Å². The van der Waals surface area contributed by atoms with E-state index in [0.717, 1.165) is 0 Å². The summed E-state index contributed by atoms with van der Waals surface area (Å²) in [5.74, 6) is -0.209. The summed E-state index contributed by atoms with van der Waals surface area (Å²) in [6.07, 6.45) is -4.97. The van der Waals surface area contributed by atoms with Crippen LogP contribution in [0.5, 0.6) is 0 Å². The molecular weight excluding hydrogens is 539 g/mol. The van der Waals surface area contributed by atoms with Gasteiger partial charge in [-0.3, -0.25) is 24.1 Å². The van der Waals surface area contributed by atoms with E-state index in [2.05, 4.69) is 27.8 Å². The Morgan fingerprint density at radius 3 is 2.58 bits per heavy atom. The van der Waals surface area contributed by atoms with Gasteiger partial charge in [-0.2, -0.15) is 13.6 Å². The Kier molecular flexibility index (Phi) is 7.58. The molecule has 10 N–H and O–H groups in total. The summed E-state index contributed by atoms with van der Waals surface area (Å²) in [4.78, 5) is 67.3. The van der Waals surface area contributed by atoms with Crippen LogP contribution in [0, 0.1) is 0 Å². The highest BCUT2D eigenvalue weighted by Crippen LogP contribution is 2.65. The van der Waals surface area contributed by atoms with E-state index in [1.54, 1.807) is 0 Å². The summed E-state index contributed by atoms with van der Waals surface area (Å²) in [5.41, 5.74) is 4.83. The standard InChI is InChI=1S/C10H16N5O14P3S/c11-10-13-7-5(8(17)14-10)12-2-15(7)4-1-3(16)6(26-4)9(18)27-33-32(24,25)29-31(22,23)28-30(19,20)21/h2-4,6,9,16,18H,1H2,(H7-,11,13,14,17,19,20,21,22,23,24,25)/p+1/t3-,4+,6-,9?/m0/s1. The molecule has 1 saturated heterocycles. The number of aliphatic hydroxyl groups excluding tert-OH is 2. The first kappa shape index (κ1) is 26.4. The van der Waals surface area contributed by atoms with Gasteiger partial charge < -0.3 is 35.4 Å². The van der Waals surface area contributed by atoms with Crippen molar-refractivity contribution in [3.8, 4) is 0 Å². The van der Waals surface area contributed by atoms with Crippen LogP contribution in [-0.4, -0.2) is 72.7 Å². The molecule has 19 nitrogen and oxygen atoms in total. The van der Waals surface area contributed by atoms with Crippen LogP contribution in [0.1, 0.15) is 12.6 Å². The van der Waals surface area contributed by atoms with E-state index in [1.807, 2.05) is 0 Å². The second-order valence-corrected chi connectivity index (χ2v) is 12.7. The molecule has 2 aromatic heterocycles. The first-order valence-corrected chi connectivity index (χ1v) is 14.3. The number of ether oxygens (including phenoxy) is 1. The highest BCUT2D eigenvalue weighted by molar-refractivity contribution is 8.15. The Morgan fingerprint density at radius 1 is 1.27 bits per heavy atom. The van der Waals surface area contributed by atoms with Gasteiger partial charge in [-0.15, -0.1) is 0 Å². The number of nitrogens with zero attached hydrogens (tertiary/aromatic N) is 3. The van der Waals surface area contributed by atoms with Crippen molar-refractivity contribution >= 4 is 50.7 Å². The lowest BCUT2D eigenvalue weighted by Crippen LogP contribution is -2.35. The predicted octanol–water partition coefficient (Wildman–Crippen LogP) is -2.43. The van der Waals surface area contributed by atoms with Gasteiger partial charge in [0.15, 0.2) is 11.2 Å². The molecule has 5 atom stereocenters. The number of phosphoric acid groups is 2. The third-order valence-corrected chi connectivity index (χ3v) is 9.11. The lowest BCUT2D eigenvalue weighted by Gasteiger charge is -2.16. The molecule has 0 aliphatic carbocycles. The molecule has 1 aliphatic heterocycles. The van der Waals surface area contributed by atoms with E-state index in [4.69, 9.17) is 25.2 Å². The van der Waals surface area contributed by atoms with Gasteiger partial charge in [0, 0.05) is 6.42 Å². The van der Waals surface area contributed by atoms with E-state index < -0.39 is 63.9 Å². The first-order valence-electron chi connectivity index (χ1n) is 8.31. The second-order valence-electron chi connectivity index (χ2n) is 6.31. The number of rotatable bonds is 8. The van der Waals surface area contributed by atoms with E-state index in [-0.39, 0.29) is 23.5 Å². The molecule has 23 heteroatoms.